The van der Waals surface area contributed by atoms with Crippen molar-refractivity contribution in [3.8, 4) is 0 Å². The van der Waals surface area contributed by atoms with Gasteiger partial charge in [-0.3, -0.25) is 75.5 Å². The summed E-state index contributed by atoms with van der Waals surface area (Å²) in [4.78, 5) is 158. The highest BCUT2D eigenvalue weighted by molar-refractivity contribution is 7.86. The number of hydrogen-bond donors (Lipinski definition) is 23. The van der Waals surface area contributed by atoms with E-state index in [9.17, 15) is 128 Å². The number of carbonyl (C=O) groups is 11. The van der Waals surface area contributed by atoms with Crippen LogP contribution < -0.4 is 85.1 Å². The molecule has 23 N–H and O–H groups in total. The molecule has 1 aliphatic heterocycles. The summed E-state index contributed by atoms with van der Waals surface area (Å²) in [6.45, 7) is 9.25. The molecule has 620 valence electrons. The van der Waals surface area contributed by atoms with E-state index in [4.69, 9.17) is 0 Å². The first kappa shape index (κ1) is 98.4. The highest BCUT2D eigenvalue weighted by atomic mass is 32.2. The molecule has 0 aromatic carbocycles. The van der Waals surface area contributed by atoms with Gasteiger partial charge in [0.15, 0.2) is 0 Å². The van der Waals surface area contributed by atoms with Crippen molar-refractivity contribution in [3.05, 3.63) is 0 Å². The lowest BCUT2D eigenvalue weighted by atomic mass is 9.99. The third kappa shape index (κ3) is 45.3. The van der Waals surface area contributed by atoms with Crippen LogP contribution in [0.3, 0.4) is 0 Å². The molecule has 0 spiro atoms. The zero-order valence-electron chi connectivity index (χ0n) is 60.9. The molecule has 1 aliphatic rings. The lowest BCUT2D eigenvalue weighted by Crippen LogP contribution is -2.62. The Morgan fingerprint density at radius 3 is 1.18 bits per heavy atom. The molecule has 0 radical (unpaired) electrons. The van der Waals surface area contributed by atoms with Gasteiger partial charge >= 0.3 is 0 Å². The smallest absolute Gasteiger partial charge is 0.278 e. The van der Waals surface area contributed by atoms with Gasteiger partial charge in [-0.1, -0.05) is 60.8 Å². The van der Waals surface area contributed by atoms with Crippen LogP contribution in [0.5, 0.6) is 0 Å². The summed E-state index contributed by atoms with van der Waals surface area (Å²) >= 11 is 0. The van der Waals surface area contributed by atoms with Gasteiger partial charge in [0.1, 0.15) is 89.8 Å². The molecule has 49 heteroatoms. The number of carbonyl (C=O) groups excluding carboxylic acids is 11. The summed E-state index contributed by atoms with van der Waals surface area (Å²) in [5, 5.41) is 59.7. The largest absolute Gasteiger partial charge is 0.391 e. The lowest BCUT2D eigenvalue weighted by Gasteiger charge is -2.29. The van der Waals surface area contributed by atoms with Gasteiger partial charge in [-0.05, 0) is 122 Å². The number of unbranched alkanes of at least 4 members (excludes halogenated alkanes) is 1. The number of amides is 11. The summed E-state index contributed by atoms with van der Waals surface area (Å²) in [6.07, 6.45) is -5.23. The number of rotatable bonds is 44. The van der Waals surface area contributed by atoms with E-state index < -0.39 is 294 Å². The van der Waals surface area contributed by atoms with Crippen molar-refractivity contribution < 1.29 is 128 Å². The van der Waals surface area contributed by atoms with Crippen LogP contribution in [0.25, 0.3) is 0 Å². The molecule has 107 heavy (non-hydrogen) atoms. The summed E-state index contributed by atoms with van der Waals surface area (Å²) in [5.74, 6) is -19.1. The molecule has 13 atom stereocenters. The standard InChI is InChI=1S/C58H110N16O28S5/c1-9-35(6)12-10-11-13-46(77)65-38(14-20-59-28-103(88,89)90)53(82)74-48(37(8)76)58(87)70-41(17-23-62-31-106(97,98)99)50(79)68-43-19-25-64-57(86)47(36(7)75)73-54(83)42(18-24-63-32-107(100,101)102)67-49(78)39(15-21-60-29-104(91,92)93)69-55(84)44(26-33(2)3)72-56(85)45(27-34(4)5)71-52(81)40(66-51(43)80)16-22-61-30-105(94,95)96/h33-45,47-48,59-63,75-76H,9-32H2,1-8H3,(H,64,86)(H,65,77)(H,66,80)(H,67,78)(H,68,79)(H,69,84)(H,70,87)(H,71,81)(H,72,85)(H,73,83)(H,74,82)(H,88,89,90)(H,91,92,93)(H,94,95,96)(H,97,98,99)(H,100,101,102)/t35?,36?,37?,38-,39?,40?,41?,42?,43?,44?,45?,47?,48-/m0/s1. The molecule has 44 nitrogen and oxygen atoms in total. The zero-order chi connectivity index (χ0) is 81.8. The van der Waals surface area contributed by atoms with Crippen molar-refractivity contribution in [2.45, 2.75) is 211 Å². The molecule has 0 aromatic heterocycles. The van der Waals surface area contributed by atoms with Crippen LogP contribution >= 0.6 is 0 Å². The molecule has 11 unspecified atom stereocenters. The van der Waals surface area contributed by atoms with Gasteiger partial charge in [0.05, 0.1) is 12.2 Å². The van der Waals surface area contributed by atoms with Crippen LogP contribution in [0, 0.1) is 17.8 Å². The average molecular weight is 1640 g/mol. The second kappa shape index (κ2) is 48.2. The summed E-state index contributed by atoms with van der Waals surface area (Å²) < 4.78 is 163. The Morgan fingerprint density at radius 2 is 0.804 bits per heavy atom. The minimum atomic E-state index is -4.77. The first-order valence-electron chi connectivity index (χ1n) is 34.4. The minimum Gasteiger partial charge on any atom is -0.391 e. The van der Waals surface area contributed by atoms with Gasteiger partial charge in [-0.25, -0.2) is 0 Å². The van der Waals surface area contributed by atoms with E-state index in [0.717, 1.165) is 26.7 Å². The van der Waals surface area contributed by atoms with E-state index >= 15 is 0 Å². The van der Waals surface area contributed by atoms with Gasteiger partial charge in [-0.2, -0.15) is 42.1 Å². The highest BCUT2D eigenvalue weighted by Crippen LogP contribution is 2.15. The van der Waals surface area contributed by atoms with E-state index in [-0.39, 0.29) is 32.2 Å². The molecular weight excluding hydrogens is 1530 g/mol. The minimum absolute atomic E-state index is 0.0847. The van der Waals surface area contributed by atoms with Gasteiger partial charge in [0.2, 0.25) is 65.0 Å². The molecule has 0 aromatic rings. The molecular formula is C58H110N16O28S5. The van der Waals surface area contributed by atoms with Crippen molar-refractivity contribution in [2.75, 3.05) is 68.7 Å². The fraction of sp³-hybridized carbons (Fsp3) is 0.810. The summed E-state index contributed by atoms with van der Waals surface area (Å²) in [6, 6.07) is -18.5. The van der Waals surface area contributed by atoms with Crippen LogP contribution in [0.4, 0.5) is 0 Å². The first-order valence-corrected chi connectivity index (χ1v) is 42.4. The normalized spacial score (nSPS) is 21.5. The first-order chi connectivity index (χ1) is 49.4. The van der Waals surface area contributed by atoms with Gasteiger partial charge < -0.3 is 95.3 Å². The Hall–Kier alpha value is -6.56. The van der Waals surface area contributed by atoms with E-state index in [0.29, 0.717) is 18.8 Å². The lowest BCUT2D eigenvalue weighted by molar-refractivity contribution is -0.137. The second-order valence-corrected chi connectivity index (χ2v) is 33.9. The quantitative estimate of drug-likeness (QED) is 0.0199. The van der Waals surface area contributed by atoms with Crippen molar-refractivity contribution in [2.24, 2.45) is 17.8 Å². The van der Waals surface area contributed by atoms with Crippen molar-refractivity contribution in [1.82, 2.24) is 85.1 Å². The number of aliphatic hydroxyl groups excluding tert-OH is 2. The van der Waals surface area contributed by atoms with Crippen molar-refractivity contribution in [3.63, 3.8) is 0 Å². The molecule has 1 fully saturated rings. The van der Waals surface area contributed by atoms with Crippen molar-refractivity contribution in [1.29, 1.82) is 0 Å². The summed E-state index contributed by atoms with van der Waals surface area (Å²) in [7, 11) is -23.5. The molecule has 0 bridgehead atoms. The van der Waals surface area contributed by atoms with Gasteiger partial charge in [0.25, 0.3) is 50.6 Å². The monoisotopic (exact) mass is 1640 g/mol. The van der Waals surface area contributed by atoms with Crippen LogP contribution in [0.1, 0.15) is 139 Å². The molecule has 1 saturated heterocycles. The van der Waals surface area contributed by atoms with Crippen LogP contribution in [0.15, 0.2) is 0 Å². The van der Waals surface area contributed by atoms with E-state index in [1.54, 1.807) is 27.7 Å². The third-order valence-corrected chi connectivity index (χ3v) is 18.7. The number of aliphatic hydroxyl groups is 2. The average Bonchev–Trinajstić information content (AvgIpc) is 1.17. The Morgan fingerprint density at radius 1 is 0.439 bits per heavy atom. The van der Waals surface area contributed by atoms with Crippen LogP contribution in [0.2, 0.25) is 0 Å². The Kier molecular flexibility index (Phi) is 44.3. The third-order valence-electron chi connectivity index (χ3n) is 15.9. The maximum Gasteiger partial charge on any atom is 0.278 e. The Balaban J connectivity index is 4.33. The Labute approximate surface area is 623 Å². The van der Waals surface area contributed by atoms with Gasteiger partial charge in [-0.15, -0.1) is 0 Å². The van der Waals surface area contributed by atoms with E-state index in [1.165, 1.54) is 0 Å². The van der Waals surface area contributed by atoms with E-state index in [2.05, 4.69) is 85.1 Å². The molecule has 0 aliphatic carbocycles. The molecule has 1 rings (SSSR count). The fourth-order valence-electron chi connectivity index (χ4n) is 10.2. The predicted molar refractivity (Wildman–Crippen MR) is 382 cm³/mol. The maximum absolute atomic E-state index is 14.9. The molecule has 0 saturated carbocycles. The van der Waals surface area contributed by atoms with E-state index in [1.807, 2.05) is 13.8 Å². The molecule has 11 amide bonds. The number of nitrogens with one attached hydrogen (secondary N) is 16. The maximum atomic E-state index is 14.9. The number of hydrogen-bond acceptors (Lipinski definition) is 28. The highest BCUT2D eigenvalue weighted by Gasteiger charge is 2.38. The summed E-state index contributed by atoms with van der Waals surface area (Å²) in [5.41, 5.74) is 0. The van der Waals surface area contributed by atoms with Crippen LogP contribution in [-0.2, 0) is 103 Å². The van der Waals surface area contributed by atoms with Crippen LogP contribution in [-0.4, -0.2) is 281 Å². The predicted octanol–water partition coefficient (Wildman–Crippen LogP) is -8.06. The topological polar surface area (TPSA) is 693 Å². The van der Waals surface area contributed by atoms with Crippen molar-refractivity contribution >= 4 is 116 Å². The Bertz CT molecular complexity index is 3520. The fourth-order valence-corrected chi connectivity index (χ4v) is 12.2. The second-order valence-electron chi connectivity index (χ2n) is 26.7. The molecule has 1 heterocycles. The zero-order valence-corrected chi connectivity index (χ0v) is 65.0. The van der Waals surface area contributed by atoms with Gasteiger partial charge in [0, 0.05) is 13.0 Å². The SMILES string of the molecule is CCC(C)CCCCC(=O)N[C@@H](CCNCS(=O)(=O)O)C(=O)N[C@H](C(=O)NC(CCNCS(=O)(=O)O)C(=O)NC1CCNC(=O)C(C(C)O)NC(=O)C(CCNCS(=O)(=O)O)NC(=O)C(CCNCS(=O)(=O)O)NC(=O)C(CC(C)C)NC(=O)C(CC(C)C)NC(=O)C(CCNCS(=O)(=O)O)NC1=O)C(C)O.